The molecule has 0 aliphatic rings. The van der Waals surface area contributed by atoms with Crippen molar-refractivity contribution in [3.8, 4) is 0 Å². The van der Waals surface area contributed by atoms with E-state index in [1.165, 1.54) is 0 Å². The van der Waals surface area contributed by atoms with Crippen LogP contribution in [0.25, 0.3) is 0 Å². The maximum atomic E-state index is 6.70. The van der Waals surface area contributed by atoms with Gasteiger partial charge in [-0.3, -0.25) is 0 Å². The summed E-state index contributed by atoms with van der Waals surface area (Å²) < 4.78 is 40.2. The van der Waals surface area contributed by atoms with Crippen molar-refractivity contribution in [2.45, 2.75) is 26.5 Å². The minimum atomic E-state index is -2.10. The summed E-state index contributed by atoms with van der Waals surface area (Å²) in [5.74, 6) is 0. The Bertz CT molecular complexity index is 83.3. The number of hydrogen-bond donors (Lipinski definition) is 0. The molecule has 0 heteroatoms. The average molecular weight is 64.2 g/mol. The average Bonchev–Trinajstić information content (AvgIpc) is 1.57. The summed E-state index contributed by atoms with van der Waals surface area (Å²) in [7, 11) is 0. The second kappa shape index (κ2) is 3.00. The lowest BCUT2D eigenvalue weighted by atomic mass is 10.4. The zero-order chi connectivity index (χ0) is 8.41. The van der Waals surface area contributed by atoms with Crippen LogP contribution >= 0.6 is 0 Å². The quantitative estimate of drug-likeness (QED) is 0.436. The van der Waals surface area contributed by atoms with E-state index in [0.717, 1.165) is 0 Å². The Hall–Kier alpha value is 0. The highest BCUT2D eigenvalue weighted by Crippen LogP contribution is 1.76. The molecule has 0 aliphatic carbocycles. The summed E-state index contributed by atoms with van der Waals surface area (Å²) >= 11 is 0. The fourth-order valence-electron chi connectivity index (χ4n) is 0. The Labute approximate surface area is 36.3 Å². The van der Waals surface area contributed by atoms with Crippen LogP contribution in [0, 0.1) is 0 Å². The Morgan fingerprint density at radius 3 is 2.25 bits per heavy atom. The van der Waals surface area contributed by atoms with Gasteiger partial charge in [0, 0.05) is 8.22 Å². The van der Waals surface area contributed by atoms with Crippen LogP contribution in [-0.2, 0) is 0 Å². The van der Waals surface area contributed by atoms with E-state index in [0.29, 0.717) is 0 Å². The third-order valence-corrected chi connectivity index (χ3v) is 0.125. The van der Waals surface area contributed by atoms with E-state index >= 15 is 0 Å². The van der Waals surface area contributed by atoms with Crippen molar-refractivity contribution in [2.75, 3.05) is 0 Å². The molecule has 0 bridgehead atoms. The highest BCUT2D eigenvalue weighted by atomic mass is 13.6. The van der Waals surface area contributed by atoms with E-state index in [1.54, 1.807) is 0 Å². The van der Waals surface area contributed by atoms with E-state index in [2.05, 4.69) is 0 Å². The third kappa shape index (κ3) is 2.00. The lowest BCUT2D eigenvalue weighted by molar-refractivity contribution is 0.886. The summed E-state index contributed by atoms with van der Waals surface area (Å²) in [5.41, 5.74) is 0. The zero-order valence-electron chi connectivity index (χ0n) is 8.41. The molecular formula is C4H10. The summed E-state index contributed by atoms with van der Waals surface area (Å²) in [4.78, 5) is 0. The van der Waals surface area contributed by atoms with E-state index < -0.39 is 13.7 Å². The van der Waals surface area contributed by atoms with E-state index in [-0.39, 0.29) is 12.8 Å². The Kier molecular flexibility index (Phi) is 0.333. The molecule has 0 rings (SSSR count). The van der Waals surface area contributed by atoms with Gasteiger partial charge in [-0.25, -0.2) is 0 Å². The van der Waals surface area contributed by atoms with Gasteiger partial charge in [0.25, 0.3) is 0 Å². The molecule has 0 aromatic heterocycles. The molecular weight excluding hydrogens is 48.0 g/mol. The van der Waals surface area contributed by atoms with Crippen LogP contribution in [0.2, 0.25) is 0 Å². The molecule has 0 heterocycles. The second-order valence-corrected chi connectivity index (χ2v) is 0.500. The minimum Gasteiger partial charge on any atom is -0.0654 e. The topological polar surface area (TPSA) is 0 Å². The standard InChI is InChI=1S/C4H10/c1-3-4-2/h3-4H2,1-2H3/i1D3,2D3. The molecule has 0 saturated heterocycles. The van der Waals surface area contributed by atoms with E-state index in [9.17, 15) is 0 Å². The molecule has 0 atom stereocenters. The highest BCUT2D eigenvalue weighted by molar-refractivity contribution is 4.12. The monoisotopic (exact) mass is 64.1 g/mol. The first-order chi connectivity index (χ1) is 4.21. The normalized spacial score (nSPS) is 36.0. The van der Waals surface area contributed by atoms with Crippen molar-refractivity contribution in [1.29, 1.82) is 0 Å². The second-order valence-electron chi connectivity index (χ2n) is 0.500. The molecule has 0 aromatic rings. The molecule has 26 valence electrons. The first kappa shape index (κ1) is 0.444. The Morgan fingerprint density at radius 1 is 1.50 bits per heavy atom. The van der Waals surface area contributed by atoms with Gasteiger partial charge < -0.3 is 0 Å². The summed E-state index contributed by atoms with van der Waals surface area (Å²) in [6.07, 6.45) is -0.465. The number of rotatable bonds is 1. The molecule has 0 saturated carbocycles. The molecule has 0 spiro atoms. The van der Waals surface area contributed by atoms with Crippen molar-refractivity contribution in [2.24, 2.45) is 0 Å². The van der Waals surface area contributed by atoms with Crippen molar-refractivity contribution in [3.05, 3.63) is 0 Å². The predicted octanol–water partition coefficient (Wildman–Crippen LogP) is 1.81. The van der Waals surface area contributed by atoms with Crippen LogP contribution < -0.4 is 0 Å². The maximum absolute atomic E-state index is 6.70. The van der Waals surface area contributed by atoms with Gasteiger partial charge in [-0.1, -0.05) is 26.5 Å². The van der Waals surface area contributed by atoms with Gasteiger partial charge in [0.05, 0.1) is 0 Å². The summed E-state index contributed by atoms with van der Waals surface area (Å²) in [6, 6.07) is 0. The molecule has 0 N–H and O–H groups in total. The van der Waals surface area contributed by atoms with Crippen molar-refractivity contribution >= 4 is 0 Å². The van der Waals surface area contributed by atoms with Crippen LogP contribution in [0.3, 0.4) is 0 Å². The van der Waals surface area contributed by atoms with Crippen molar-refractivity contribution in [1.82, 2.24) is 0 Å². The highest BCUT2D eigenvalue weighted by Gasteiger charge is 1.56. The Balaban J connectivity index is 3.56. The molecule has 0 amide bonds. The lowest BCUT2D eigenvalue weighted by Crippen LogP contribution is -1.47. The molecule has 0 radical (unpaired) electrons. The third-order valence-electron chi connectivity index (χ3n) is 0.125. The van der Waals surface area contributed by atoms with Crippen LogP contribution in [0.1, 0.15) is 34.8 Å². The van der Waals surface area contributed by atoms with Gasteiger partial charge in [-0.2, -0.15) is 0 Å². The summed E-state index contributed by atoms with van der Waals surface area (Å²) in [6.45, 7) is -4.21. The molecule has 0 fully saturated rings. The van der Waals surface area contributed by atoms with Gasteiger partial charge in [-0.15, -0.1) is 0 Å². The SMILES string of the molecule is [2H]C([2H])([2H])CCC([2H])([2H])[2H]. The molecule has 0 aliphatic heterocycles. The summed E-state index contributed by atoms with van der Waals surface area (Å²) in [5, 5.41) is 0. The van der Waals surface area contributed by atoms with Gasteiger partial charge >= 0.3 is 0 Å². The molecule has 0 aromatic carbocycles. The van der Waals surface area contributed by atoms with Crippen LogP contribution in [0.15, 0.2) is 0 Å². The fourth-order valence-corrected chi connectivity index (χ4v) is 0. The van der Waals surface area contributed by atoms with Crippen molar-refractivity contribution < 1.29 is 8.22 Å². The van der Waals surface area contributed by atoms with Gasteiger partial charge in [0.2, 0.25) is 0 Å². The molecule has 0 unspecified atom stereocenters. The van der Waals surface area contributed by atoms with Gasteiger partial charge in [0.15, 0.2) is 0 Å². The van der Waals surface area contributed by atoms with Gasteiger partial charge in [0.1, 0.15) is 0 Å². The van der Waals surface area contributed by atoms with Crippen LogP contribution in [0.4, 0.5) is 0 Å². The van der Waals surface area contributed by atoms with Gasteiger partial charge in [-0.05, 0) is 0 Å². The maximum Gasteiger partial charge on any atom is 0.0230 e. The first-order valence-corrected chi connectivity index (χ1v) is 1.21. The smallest absolute Gasteiger partial charge is 0.0230 e. The largest absolute Gasteiger partial charge is 0.0654 e. The Morgan fingerprint density at radius 2 is 2.00 bits per heavy atom. The lowest BCUT2D eigenvalue weighted by Gasteiger charge is -1.68. The van der Waals surface area contributed by atoms with Crippen molar-refractivity contribution in [3.63, 3.8) is 0 Å². The van der Waals surface area contributed by atoms with E-state index in [1.807, 2.05) is 0 Å². The number of hydrogen-bond acceptors (Lipinski definition) is 0. The predicted molar refractivity (Wildman–Crippen MR) is 20.6 cm³/mol. The van der Waals surface area contributed by atoms with Crippen LogP contribution in [-0.4, -0.2) is 0 Å². The minimum absolute atomic E-state index is 0.233. The fraction of sp³-hybridized carbons (Fsp3) is 1.00. The van der Waals surface area contributed by atoms with E-state index in [4.69, 9.17) is 8.22 Å². The zero-order valence-corrected chi connectivity index (χ0v) is 2.41. The molecule has 4 heavy (non-hydrogen) atoms. The first-order valence-electron chi connectivity index (χ1n) is 4.21. The molecule has 0 nitrogen and oxygen atoms in total. The van der Waals surface area contributed by atoms with Crippen LogP contribution in [0.5, 0.6) is 0 Å².